The van der Waals surface area contributed by atoms with E-state index in [0.29, 0.717) is 0 Å². The van der Waals surface area contributed by atoms with Crippen LogP contribution < -0.4 is 0 Å². The van der Waals surface area contributed by atoms with E-state index in [-0.39, 0.29) is 25.9 Å². The van der Waals surface area contributed by atoms with Crippen LogP contribution in [-0.4, -0.2) is 34.1 Å². The van der Waals surface area contributed by atoms with Gasteiger partial charge < -0.3 is 7.96 Å². The normalized spacial score (nSPS) is 10.3. The summed E-state index contributed by atoms with van der Waals surface area (Å²) in [5.74, 6) is -0.797. The van der Waals surface area contributed by atoms with E-state index in [1.165, 1.54) is 0 Å². The third-order valence-electron chi connectivity index (χ3n) is 2.03. The van der Waals surface area contributed by atoms with E-state index in [2.05, 4.69) is 0 Å². The van der Waals surface area contributed by atoms with Gasteiger partial charge in [-0.15, -0.1) is 0 Å². The summed E-state index contributed by atoms with van der Waals surface area (Å²) in [6.07, 6.45) is 0. The Kier molecular flexibility index (Phi) is 4.43. The second kappa shape index (κ2) is 4.63. The van der Waals surface area contributed by atoms with E-state index in [1.807, 2.05) is 30.3 Å². The number of hydrogen-bond donors (Lipinski definition) is 1. The van der Waals surface area contributed by atoms with Crippen LogP contribution in [0.1, 0.15) is 22.3 Å². The first-order chi connectivity index (χ1) is 5.55. The number of carboxylic acids is 1. The molecule has 0 fully saturated rings. The molecule has 68 valence electrons. The summed E-state index contributed by atoms with van der Waals surface area (Å²) in [6, 6.07) is 9.23. The van der Waals surface area contributed by atoms with E-state index in [0.717, 1.165) is 5.56 Å². The maximum absolute atomic E-state index is 10.8. The number of hydrogen-bond acceptors (Lipinski definition) is 1. The maximum atomic E-state index is 10.8. The molecule has 1 aromatic rings. The molecule has 13 heavy (non-hydrogen) atoms. The molecule has 0 aromatic heterocycles. The van der Waals surface area contributed by atoms with Crippen molar-refractivity contribution in [2.75, 3.05) is 0 Å². The van der Waals surface area contributed by atoms with Crippen LogP contribution in [0.5, 0.6) is 0 Å². The fourth-order valence-electron chi connectivity index (χ4n) is 0.978. The molecule has 0 heterocycles. The topological polar surface area (TPSA) is 37.3 Å². The van der Waals surface area contributed by atoms with Gasteiger partial charge in [-0.05, 0) is 19.4 Å². The van der Waals surface area contributed by atoms with Gasteiger partial charge in [0.2, 0.25) is 0 Å². The third kappa shape index (κ3) is 2.71. The molecular weight excluding hydrogens is 176 g/mol. The molecule has 0 atom stereocenters. The molecule has 1 rings (SSSR count). The molecule has 0 unspecified atom stereocenters. The zero-order valence-corrected chi connectivity index (χ0v) is 9.36. The summed E-state index contributed by atoms with van der Waals surface area (Å²) in [6.45, 7) is 3.40. The molecule has 0 saturated heterocycles. The number of carbonyl (C=O) groups is 1. The predicted octanol–water partition coefficient (Wildman–Crippen LogP) is 1.89. The van der Waals surface area contributed by atoms with Crippen LogP contribution >= 0.6 is 0 Å². The van der Waals surface area contributed by atoms with Crippen LogP contribution in [0.3, 0.4) is 0 Å². The minimum Gasteiger partial charge on any atom is -1.00 e. The zero-order valence-electron chi connectivity index (χ0n) is 9.95. The van der Waals surface area contributed by atoms with Crippen molar-refractivity contribution < 1.29 is 12.8 Å². The van der Waals surface area contributed by atoms with Gasteiger partial charge in [0.25, 0.3) is 0 Å². The quantitative estimate of drug-likeness (QED) is 0.723. The molecule has 2 nitrogen and oxygen atoms in total. The molecule has 0 radical (unpaired) electrons. The summed E-state index contributed by atoms with van der Waals surface area (Å²) in [7, 11) is 0. The van der Waals surface area contributed by atoms with Crippen molar-refractivity contribution in [2.45, 2.75) is 19.3 Å². The van der Waals surface area contributed by atoms with Gasteiger partial charge in [0.15, 0.2) is 0 Å². The standard InChI is InChI=1S/C10H12O2.Mg.2H/c1-10(2,9(11)12)8-6-4-3-5-7-8;;;/h3-7H,1-2H3,(H,11,12);;;/q;+2;2*-1. The minimum absolute atomic E-state index is 0. The molecule has 3 heteroatoms. The zero-order chi connectivity index (χ0) is 9.19. The average Bonchev–Trinajstić information content (AvgIpc) is 2.06. The Hall–Kier alpha value is -0.544. The number of rotatable bonds is 2. The Balaban J connectivity index is -0.000000480. The van der Waals surface area contributed by atoms with Crippen molar-refractivity contribution >= 4 is 29.0 Å². The van der Waals surface area contributed by atoms with Gasteiger partial charge in [-0.2, -0.15) is 0 Å². The van der Waals surface area contributed by atoms with Crippen LogP contribution in [-0.2, 0) is 10.2 Å². The van der Waals surface area contributed by atoms with E-state index in [9.17, 15) is 4.79 Å². The van der Waals surface area contributed by atoms with Crippen molar-refractivity contribution in [1.29, 1.82) is 0 Å². The van der Waals surface area contributed by atoms with Gasteiger partial charge in [0.05, 0.1) is 5.41 Å². The van der Waals surface area contributed by atoms with E-state index >= 15 is 0 Å². The third-order valence-corrected chi connectivity index (χ3v) is 2.03. The molecular formula is C10H14MgO2. The molecule has 1 aromatic carbocycles. The Labute approximate surface area is 97.1 Å². The van der Waals surface area contributed by atoms with Crippen molar-refractivity contribution in [2.24, 2.45) is 0 Å². The SMILES string of the molecule is CC(C)(C(=O)O)c1ccccc1.[H-].[H-].[Mg+2]. The second-order valence-corrected chi connectivity index (χ2v) is 3.30. The summed E-state index contributed by atoms with van der Waals surface area (Å²) >= 11 is 0. The van der Waals surface area contributed by atoms with Crippen molar-refractivity contribution in [3.05, 3.63) is 35.9 Å². The van der Waals surface area contributed by atoms with Gasteiger partial charge in [0, 0.05) is 0 Å². The van der Waals surface area contributed by atoms with Crippen LogP contribution in [0, 0.1) is 0 Å². The van der Waals surface area contributed by atoms with Crippen LogP contribution in [0.15, 0.2) is 30.3 Å². The smallest absolute Gasteiger partial charge is 1.00 e. The predicted molar refractivity (Wildman–Crippen MR) is 55.1 cm³/mol. The molecule has 0 saturated carbocycles. The van der Waals surface area contributed by atoms with Gasteiger partial charge in [-0.25, -0.2) is 0 Å². The summed E-state index contributed by atoms with van der Waals surface area (Å²) in [5.41, 5.74) is 0.0406. The molecule has 0 bridgehead atoms. The van der Waals surface area contributed by atoms with Gasteiger partial charge in [-0.3, -0.25) is 4.79 Å². The first-order valence-electron chi connectivity index (χ1n) is 3.84. The largest absolute Gasteiger partial charge is 2.00 e. The molecule has 0 aliphatic carbocycles. The van der Waals surface area contributed by atoms with Crippen molar-refractivity contribution in [3.63, 3.8) is 0 Å². The summed E-state index contributed by atoms with van der Waals surface area (Å²) in [4.78, 5) is 10.8. The monoisotopic (exact) mass is 190 g/mol. The molecule has 1 N–H and O–H groups in total. The second-order valence-electron chi connectivity index (χ2n) is 3.30. The fourth-order valence-corrected chi connectivity index (χ4v) is 0.978. The number of benzene rings is 1. The molecule has 0 spiro atoms. The van der Waals surface area contributed by atoms with Crippen molar-refractivity contribution in [1.82, 2.24) is 0 Å². The first kappa shape index (κ1) is 12.5. The van der Waals surface area contributed by atoms with Crippen LogP contribution in [0.4, 0.5) is 0 Å². The van der Waals surface area contributed by atoms with Gasteiger partial charge in [0.1, 0.15) is 0 Å². The van der Waals surface area contributed by atoms with Crippen molar-refractivity contribution in [3.8, 4) is 0 Å². The van der Waals surface area contributed by atoms with Crippen LogP contribution in [0.25, 0.3) is 0 Å². The van der Waals surface area contributed by atoms with E-state index < -0.39 is 11.4 Å². The summed E-state index contributed by atoms with van der Waals surface area (Å²) in [5, 5.41) is 8.89. The minimum atomic E-state index is -0.797. The van der Waals surface area contributed by atoms with Gasteiger partial charge in [-0.1, -0.05) is 30.3 Å². The Bertz CT molecular complexity index is 289. The molecule has 0 aliphatic rings. The maximum Gasteiger partial charge on any atom is 2.00 e. The van der Waals surface area contributed by atoms with Gasteiger partial charge >= 0.3 is 29.0 Å². The molecule has 0 aliphatic heterocycles. The Morgan fingerprint density at radius 1 is 1.31 bits per heavy atom. The fraction of sp³-hybridized carbons (Fsp3) is 0.300. The van der Waals surface area contributed by atoms with Crippen LogP contribution in [0.2, 0.25) is 0 Å². The molecule has 0 amide bonds. The number of carboxylic acid groups (broad SMARTS) is 1. The van der Waals surface area contributed by atoms with E-state index in [4.69, 9.17) is 5.11 Å². The number of aliphatic carboxylic acids is 1. The Morgan fingerprint density at radius 2 is 1.77 bits per heavy atom. The first-order valence-corrected chi connectivity index (χ1v) is 3.84. The van der Waals surface area contributed by atoms with E-state index in [1.54, 1.807) is 13.8 Å². The average molecular weight is 191 g/mol. The summed E-state index contributed by atoms with van der Waals surface area (Å²) < 4.78 is 0. The Morgan fingerprint density at radius 3 is 2.15 bits per heavy atom.